The maximum atomic E-state index is 12.6. The molecule has 1 saturated carbocycles. The van der Waals surface area contributed by atoms with Crippen molar-refractivity contribution < 1.29 is 47.0 Å². The first-order chi connectivity index (χ1) is 9.84. The van der Waals surface area contributed by atoms with E-state index >= 15 is 0 Å². The molecule has 0 aromatic rings. The number of hydrogen-bond acceptors (Lipinski definition) is 1. The third-order valence-corrected chi connectivity index (χ3v) is 16.9. The van der Waals surface area contributed by atoms with Crippen LogP contribution in [0.15, 0.2) is 20.6 Å². The molecule has 1 fully saturated rings. The fourth-order valence-electron chi connectivity index (χ4n) is 3.74. The molecule has 1 N–H and O–H groups in total. The first-order valence-electron chi connectivity index (χ1n) is 8.41. The predicted octanol–water partition coefficient (Wildman–Crippen LogP) is -1.92. The molecule has 0 saturated heterocycles. The predicted molar refractivity (Wildman–Crippen MR) is 89.2 cm³/mol. The summed E-state index contributed by atoms with van der Waals surface area (Å²) in [5.41, 5.74) is 4.51. The zero-order valence-electron chi connectivity index (χ0n) is 15.2. The van der Waals surface area contributed by atoms with Gasteiger partial charge < -0.3 is 24.8 Å². The van der Waals surface area contributed by atoms with Gasteiger partial charge in [0.1, 0.15) is 0 Å². The number of hydrogen-bond donors (Lipinski definition) is 1. The number of carbonyl (C=O) groups excluding carboxylic acids is 1. The van der Waals surface area contributed by atoms with Crippen LogP contribution in [0.2, 0.25) is 13.1 Å². The Bertz CT molecular complexity index is 499. The average molecular weight is 411 g/mol. The van der Waals surface area contributed by atoms with Gasteiger partial charge in [-0.3, -0.25) is 0 Å². The van der Waals surface area contributed by atoms with E-state index in [2.05, 4.69) is 44.6 Å². The summed E-state index contributed by atoms with van der Waals surface area (Å²) >= 11 is -1.61. The Labute approximate surface area is 161 Å². The second-order valence-corrected chi connectivity index (χ2v) is 19.7. The smallest absolute Gasteiger partial charge is 1.00 e. The van der Waals surface area contributed by atoms with Gasteiger partial charge in [0, 0.05) is 0 Å². The molecule has 0 aromatic carbocycles. The molecule has 1 amide bonds. The minimum atomic E-state index is -1.61. The van der Waals surface area contributed by atoms with Crippen molar-refractivity contribution in [1.82, 2.24) is 3.80 Å². The standard InChI is InChI=1S/C9H13.C6H11NO.C2H7Si.2ClH.Ti/c1-6-5-7(2)9(4)8(6)3;7-6(8)5-3-1-2-4-5;1-3-2;;;/h6H,1-4H3;5H,1-4H2,(H2,7,8);3H,1-2H3;2*1H;/q;;;;;+3/p-3. The molecule has 0 bridgehead atoms. The summed E-state index contributed by atoms with van der Waals surface area (Å²) in [4.78, 5) is 12.6. The largest absolute Gasteiger partial charge is 1.00 e. The Morgan fingerprint density at radius 1 is 1.09 bits per heavy atom. The summed E-state index contributed by atoms with van der Waals surface area (Å²) in [5.74, 6) is 1.27. The van der Waals surface area contributed by atoms with Crippen molar-refractivity contribution in [3.63, 3.8) is 0 Å². The van der Waals surface area contributed by atoms with Gasteiger partial charge in [0.25, 0.3) is 0 Å². The van der Waals surface area contributed by atoms with E-state index in [0.29, 0.717) is 17.7 Å². The normalized spacial score (nSPS) is 21.4. The summed E-state index contributed by atoms with van der Waals surface area (Å²) in [7, 11) is 0. The van der Waals surface area contributed by atoms with Crippen LogP contribution in [-0.2, 0) is 22.2 Å². The molecule has 1 unspecified atom stereocenters. The van der Waals surface area contributed by atoms with Crippen LogP contribution in [-0.4, -0.2) is 12.6 Å². The van der Waals surface area contributed by atoms with Crippen molar-refractivity contribution in [3.8, 4) is 0 Å². The van der Waals surface area contributed by atoms with Gasteiger partial charge in [-0.25, -0.2) is 0 Å². The number of nitrogens with one attached hydrogen (secondary N) is 1. The molecule has 2 aliphatic rings. The van der Waals surface area contributed by atoms with Gasteiger partial charge in [-0.15, -0.1) is 0 Å². The first kappa shape index (κ1) is 23.5. The third kappa shape index (κ3) is 4.98. The van der Waals surface area contributed by atoms with E-state index in [1.807, 2.05) is 0 Å². The van der Waals surface area contributed by atoms with Crippen molar-refractivity contribution in [1.29, 1.82) is 0 Å². The van der Waals surface area contributed by atoms with E-state index in [9.17, 15) is 4.79 Å². The Hall–Kier alpha value is 0.461. The van der Waals surface area contributed by atoms with Crippen LogP contribution in [0, 0.1) is 11.8 Å². The zero-order valence-corrected chi connectivity index (χ0v) is 19.5. The minimum absolute atomic E-state index is 0. The topological polar surface area (TPSA) is 29.1 Å². The molecule has 0 radical (unpaired) electrons. The van der Waals surface area contributed by atoms with Crippen LogP contribution < -0.4 is 28.6 Å². The number of amides is 1. The van der Waals surface area contributed by atoms with Crippen molar-refractivity contribution in [3.05, 3.63) is 20.6 Å². The molecule has 23 heavy (non-hydrogen) atoms. The number of halogens is 2. The summed E-state index contributed by atoms with van der Waals surface area (Å²) in [6.07, 6.45) is 4.71. The summed E-state index contributed by atoms with van der Waals surface area (Å²) in [5, 5.41) is 0. The average Bonchev–Trinajstić information content (AvgIpc) is 3.03. The zero-order chi connectivity index (χ0) is 15.7. The molecule has 0 spiro atoms. The fourth-order valence-corrected chi connectivity index (χ4v) is 14.4. The van der Waals surface area contributed by atoms with Gasteiger partial charge in [-0.2, -0.15) is 0 Å². The summed E-state index contributed by atoms with van der Waals surface area (Å²) in [6, 6.07) is 0. The van der Waals surface area contributed by atoms with E-state index in [4.69, 9.17) is 0 Å². The maximum absolute atomic E-state index is 12.6. The number of allylic oxidation sites excluding steroid dienone is 4. The van der Waals surface area contributed by atoms with Crippen molar-refractivity contribution in [2.45, 2.75) is 66.5 Å². The molecule has 2 nitrogen and oxygen atoms in total. The van der Waals surface area contributed by atoms with Crippen LogP contribution in [0.25, 0.3) is 0 Å². The van der Waals surface area contributed by atoms with Gasteiger partial charge in [0.2, 0.25) is 0 Å². The van der Waals surface area contributed by atoms with E-state index < -0.39 is 24.0 Å². The van der Waals surface area contributed by atoms with Crippen LogP contribution in [0.5, 0.6) is 0 Å². The van der Waals surface area contributed by atoms with Crippen LogP contribution in [0.4, 0.5) is 0 Å². The summed E-state index contributed by atoms with van der Waals surface area (Å²) < 4.78 is 5.27. The van der Waals surface area contributed by atoms with E-state index in [1.54, 1.807) is 3.88 Å². The molecular formula is C17H30Cl2NOSiTi. The molecule has 0 heterocycles. The minimum Gasteiger partial charge on any atom is -1.00 e. The molecule has 0 aliphatic heterocycles. The van der Waals surface area contributed by atoms with Gasteiger partial charge in [0.15, 0.2) is 0 Å². The molecule has 6 heteroatoms. The second-order valence-electron chi connectivity index (χ2n) is 7.11. The van der Waals surface area contributed by atoms with Crippen LogP contribution in [0.1, 0.15) is 53.4 Å². The van der Waals surface area contributed by atoms with Gasteiger partial charge in [0.05, 0.1) is 0 Å². The number of rotatable bonds is 4. The monoisotopic (exact) mass is 410 g/mol. The van der Waals surface area contributed by atoms with Gasteiger partial charge in [-0.05, 0) is 0 Å². The van der Waals surface area contributed by atoms with E-state index in [-0.39, 0.29) is 24.8 Å². The van der Waals surface area contributed by atoms with Crippen molar-refractivity contribution in [2.75, 3.05) is 0 Å². The van der Waals surface area contributed by atoms with Crippen molar-refractivity contribution in [2.24, 2.45) is 11.8 Å². The second kappa shape index (κ2) is 9.82. The molecule has 2 aliphatic carbocycles. The van der Waals surface area contributed by atoms with Gasteiger partial charge in [-0.1, -0.05) is 0 Å². The molecule has 0 aromatic heterocycles. The SMILES string of the molecule is CC1=C(C)C(C)[C]([Ti+2]([NH]C(=O)C2CCCC2)[SiH](C)C)=C1C.[Cl-].[Cl-]. The third-order valence-electron chi connectivity index (χ3n) is 5.49. The quantitative estimate of drug-likeness (QED) is 0.537. The van der Waals surface area contributed by atoms with E-state index in [0.717, 1.165) is 12.8 Å². The Morgan fingerprint density at radius 3 is 2.00 bits per heavy atom. The molecule has 131 valence electrons. The van der Waals surface area contributed by atoms with Crippen LogP contribution in [0.3, 0.4) is 0 Å². The fraction of sp³-hybridized carbons (Fsp3) is 0.706. The summed E-state index contributed by atoms with van der Waals surface area (Å²) in [6.45, 7) is 13.2. The van der Waals surface area contributed by atoms with Gasteiger partial charge >= 0.3 is 137 Å². The Kier molecular flexibility index (Phi) is 10.0. The molecule has 2 rings (SSSR count). The maximum Gasteiger partial charge on any atom is -1.00 e. The van der Waals surface area contributed by atoms with E-state index in [1.165, 1.54) is 29.6 Å². The molecule has 1 atom stereocenters. The van der Waals surface area contributed by atoms with Crippen LogP contribution >= 0.6 is 0 Å². The molecular weight excluding hydrogens is 381 g/mol. The number of carbonyl (C=O) groups is 1. The first-order valence-corrected chi connectivity index (χ1v) is 15.6. The Morgan fingerprint density at radius 2 is 1.61 bits per heavy atom. The van der Waals surface area contributed by atoms with Crippen molar-refractivity contribution >= 4 is 12.6 Å². The Balaban J connectivity index is 0.00000242.